The number of aliphatic imine (C=N–C) groups is 1. The summed E-state index contributed by atoms with van der Waals surface area (Å²) in [6, 6.07) is 4.34. The zero-order valence-corrected chi connectivity index (χ0v) is 10.9. The van der Waals surface area contributed by atoms with Gasteiger partial charge in [0.05, 0.1) is 5.03 Å². The van der Waals surface area contributed by atoms with Crippen LogP contribution in [0, 0.1) is 4.64 Å². The summed E-state index contributed by atoms with van der Waals surface area (Å²) in [5.41, 5.74) is 1.02. The first-order valence-corrected chi connectivity index (χ1v) is 6.57. The number of aromatic amines is 1. The summed E-state index contributed by atoms with van der Waals surface area (Å²) in [6.45, 7) is 0. The monoisotopic (exact) mass is 252 g/mol. The molecule has 1 aliphatic carbocycles. The molecule has 1 aromatic heterocycles. The molecular weight excluding hydrogens is 236 g/mol. The van der Waals surface area contributed by atoms with Crippen molar-refractivity contribution in [3.63, 3.8) is 0 Å². The first-order valence-electron chi connectivity index (χ1n) is 5.71. The molecule has 2 rings (SSSR count). The maximum atomic E-state index is 5.02. The van der Waals surface area contributed by atoms with Crippen LogP contribution in [0.1, 0.15) is 37.7 Å². The Bertz CT molecular complexity index is 431. The zero-order chi connectivity index (χ0) is 11.4. The Morgan fingerprint density at radius 2 is 2.06 bits per heavy atom. The van der Waals surface area contributed by atoms with Crippen molar-refractivity contribution in [3.8, 4) is 0 Å². The Kier molecular flexibility index (Phi) is 4.18. The Morgan fingerprint density at radius 3 is 2.75 bits per heavy atom. The van der Waals surface area contributed by atoms with Gasteiger partial charge in [0, 0.05) is 17.8 Å². The summed E-state index contributed by atoms with van der Waals surface area (Å²) in [7, 11) is 0. The van der Waals surface area contributed by atoms with Crippen LogP contribution < -0.4 is 0 Å². The molecule has 4 heteroatoms. The fraction of sp³-hybridized carbons (Fsp3) is 0.500. The molecule has 2 nitrogen and oxygen atoms in total. The molecule has 0 aliphatic heterocycles. The molecule has 0 spiro atoms. The number of aromatic nitrogens is 1. The van der Waals surface area contributed by atoms with Crippen LogP contribution in [0.15, 0.2) is 22.2 Å². The van der Waals surface area contributed by atoms with Gasteiger partial charge in [0.25, 0.3) is 0 Å². The van der Waals surface area contributed by atoms with Crippen molar-refractivity contribution in [2.75, 3.05) is 0 Å². The van der Waals surface area contributed by atoms with Gasteiger partial charge in [-0.15, -0.1) is 12.6 Å². The molecule has 0 saturated heterocycles. The second kappa shape index (κ2) is 5.64. The highest BCUT2D eigenvalue weighted by molar-refractivity contribution is 7.80. The molecule has 0 radical (unpaired) electrons. The van der Waals surface area contributed by atoms with E-state index in [0.717, 1.165) is 10.6 Å². The SMILES string of the molecule is S=c1ccc(C=NC2CCCCC2)c(S)[nH]1. The summed E-state index contributed by atoms with van der Waals surface area (Å²) < 4.78 is 0.708. The summed E-state index contributed by atoms with van der Waals surface area (Å²) in [5.74, 6) is 0. The molecule has 1 heterocycles. The molecule has 1 aromatic rings. The van der Waals surface area contributed by atoms with E-state index in [4.69, 9.17) is 12.2 Å². The average Bonchev–Trinajstić information content (AvgIpc) is 2.29. The fourth-order valence-corrected chi connectivity index (χ4v) is 2.49. The number of rotatable bonds is 2. The quantitative estimate of drug-likeness (QED) is 0.468. The van der Waals surface area contributed by atoms with Gasteiger partial charge in [0.15, 0.2) is 0 Å². The molecule has 0 unspecified atom stereocenters. The minimum Gasteiger partial charge on any atom is -0.341 e. The third-order valence-corrected chi connectivity index (χ3v) is 3.54. The maximum absolute atomic E-state index is 5.02. The van der Waals surface area contributed by atoms with Crippen molar-refractivity contribution in [3.05, 3.63) is 22.3 Å². The number of thiol groups is 1. The number of nitrogens with one attached hydrogen (secondary N) is 1. The van der Waals surface area contributed by atoms with Crippen LogP contribution in [0.25, 0.3) is 0 Å². The van der Waals surface area contributed by atoms with Crippen LogP contribution >= 0.6 is 24.8 Å². The topological polar surface area (TPSA) is 28.1 Å². The van der Waals surface area contributed by atoms with Crippen LogP contribution in [0.2, 0.25) is 0 Å². The molecule has 86 valence electrons. The van der Waals surface area contributed by atoms with Crippen LogP contribution in [-0.4, -0.2) is 17.2 Å². The minimum absolute atomic E-state index is 0.504. The Balaban J connectivity index is 2.07. The molecule has 16 heavy (non-hydrogen) atoms. The van der Waals surface area contributed by atoms with E-state index in [1.165, 1.54) is 32.1 Å². The summed E-state index contributed by atoms with van der Waals surface area (Å²) >= 11 is 9.37. The largest absolute Gasteiger partial charge is 0.341 e. The maximum Gasteiger partial charge on any atom is 0.104 e. The first kappa shape index (κ1) is 11.9. The van der Waals surface area contributed by atoms with E-state index < -0.39 is 0 Å². The van der Waals surface area contributed by atoms with E-state index in [-0.39, 0.29) is 0 Å². The van der Waals surface area contributed by atoms with Gasteiger partial charge in [-0.1, -0.05) is 31.5 Å². The highest BCUT2D eigenvalue weighted by atomic mass is 32.1. The lowest BCUT2D eigenvalue weighted by molar-refractivity contribution is 0.444. The Hall–Kier alpha value is -0.610. The summed E-state index contributed by atoms with van der Waals surface area (Å²) in [6.07, 6.45) is 8.36. The number of hydrogen-bond donors (Lipinski definition) is 2. The molecule has 0 amide bonds. The molecule has 0 atom stereocenters. The van der Waals surface area contributed by atoms with Crippen molar-refractivity contribution in [1.29, 1.82) is 0 Å². The summed E-state index contributed by atoms with van der Waals surface area (Å²) in [4.78, 5) is 7.63. The Labute approximate surface area is 107 Å². The van der Waals surface area contributed by atoms with Crippen LogP contribution in [0.3, 0.4) is 0 Å². The lowest BCUT2D eigenvalue weighted by atomic mass is 9.96. The van der Waals surface area contributed by atoms with Gasteiger partial charge in [-0.2, -0.15) is 0 Å². The highest BCUT2D eigenvalue weighted by Crippen LogP contribution is 2.20. The lowest BCUT2D eigenvalue weighted by Gasteiger charge is -2.17. The van der Waals surface area contributed by atoms with Gasteiger partial charge < -0.3 is 4.98 Å². The van der Waals surface area contributed by atoms with E-state index in [0.29, 0.717) is 10.7 Å². The van der Waals surface area contributed by atoms with E-state index in [2.05, 4.69) is 22.6 Å². The standard InChI is InChI=1S/C12H16N2S2/c15-11-7-6-9(12(16)14-11)8-13-10-4-2-1-3-5-10/h6-8,10H,1-5H2,(H2,14,15,16). The average molecular weight is 252 g/mol. The minimum atomic E-state index is 0.504. The van der Waals surface area contributed by atoms with E-state index in [1.807, 2.05) is 18.3 Å². The third kappa shape index (κ3) is 3.19. The molecule has 1 fully saturated rings. The van der Waals surface area contributed by atoms with Crippen molar-refractivity contribution in [2.45, 2.75) is 43.2 Å². The second-order valence-corrected chi connectivity index (χ2v) is 5.08. The van der Waals surface area contributed by atoms with E-state index in [9.17, 15) is 0 Å². The predicted molar refractivity (Wildman–Crippen MR) is 73.3 cm³/mol. The van der Waals surface area contributed by atoms with Crippen molar-refractivity contribution < 1.29 is 0 Å². The first-order chi connectivity index (χ1) is 7.75. The van der Waals surface area contributed by atoms with Crippen molar-refractivity contribution in [1.82, 2.24) is 4.98 Å². The molecule has 1 N–H and O–H groups in total. The summed E-state index contributed by atoms with van der Waals surface area (Å²) in [5, 5.41) is 0.798. The van der Waals surface area contributed by atoms with Crippen LogP contribution in [-0.2, 0) is 0 Å². The molecule has 1 saturated carbocycles. The second-order valence-electron chi connectivity index (χ2n) is 4.20. The zero-order valence-electron chi connectivity index (χ0n) is 9.15. The fourth-order valence-electron chi connectivity index (χ4n) is 1.99. The van der Waals surface area contributed by atoms with Crippen LogP contribution in [0.5, 0.6) is 0 Å². The van der Waals surface area contributed by atoms with Gasteiger partial charge in [-0.3, -0.25) is 4.99 Å². The van der Waals surface area contributed by atoms with E-state index in [1.54, 1.807) is 0 Å². The van der Waals surface area contributed by atoms with Crippen molar-refractivity contribution in [2.24, 2.45) is 4.99 Å². The molecule has 0 aromatic carbocycles. The van der Waals surface area contributed by atoms with Crippen LogP contribution in [0.4, 0.5) is 0 Å². The number of nitrogens with zero attached hydrogens (tertiary/aromatic N) is 1. The van der Waals surface area contributed by atoms with E-state index >= 15 is 0 Å². The number of H-pyrrole nitrogens is 1. The predicted octanol–water partition coefficient (Wildman–Crippen LogP) is 3.78. The van der Waals surface area contributed by atoms with Gasteiger partial charge in [0.1, 0.15) is 4.64 Å². The highest BCUT2D eigenvalue weighted by Gasteiger charge is 2.10. The molecular formula is C12H16N2S2. The molecule has 1 aliphatic rings. The third-order valence-electron chi connectivity index (χ3n) is 2.93. The van der Waals surface area contributed by atoms with Crippen molar-refractivity contribution >= 4 is 31.1 Å². The normalized spacial score (nSPS) is 18.1. The smallest absolute Gasteiger partial charge is 0.104 e. The number of hydrogen-bond acceptors (Lipinski definition) is 3. The van der Waals surface area contributed by atoms with Gasteiger partial charge >= 0.3 is 0 Å². The van der Waals surface area contributed by atoms with Gasteiger partial charge in [0.2, 0.25) is 0 Å². The van der Waals surface area contributed by atoms with Gasteiger partial charge in [-0.05, 0) is 25.0 Å². The lowest BCUT2D eigenvalue weighted by Crippen LogP contribution is -2.09. The number of pyridine rings is 1. The molecule has 0 bridgehead atoms. The van der Waals surface area contributed by atoms with Gasteiger partial charge in [-0.25, -0.2) is 0 Å². The Morgan fingerprint density at radius 1 is 1.31 bits per heavy atom.